The number of halogens is 2. The average molecular weight is 298 g/mol. The number of benzene rings is 1. The number of esters is 1. The van der Waals surface area contributed by atoms with Crippen LogP contribution in [0.15, 0.2) is 18.2 Å². The van der Waals surface area contributed by atoms with E-state index in [0.29, 0.717) is 28.7 Å². The molecule has 1 heterocycles. The van der Waals surface area contributed by atoms with E-state index >= 15 is 0 Å². The molecule has 0 radical (unpaired) electrons. The van der Waals surface area contributed by atoms with Gasteiger partial charge in [0.1, 0.15) is 5.82 Å². The highest BCUT2D eigenvalue weighted by Crippen LogP contribution is 2.23. The van der Waals surface area contributed by atoms with Gasteiger partial charge in [0.25, 0.3) is 0 Å². The van der Waals surface area contributed by atoms with Crippen LogP contribution in [0.5, 0.6) is 0 Å². The van der Waals surface area contributed by atoms with Crippen LogP contribution in [0.3, 0.4) is 0 Å². The van der Waals surface area contributed by atoms with Gasteiger partial charge in [0.15, 0.2) is 11.6 Å². The molecule has 1 aromatic carbocycles. The van der Waals surface area contributed by atoms with Crippen LogP contribution in [0.4, 0.5) is 4.39 Å². The first-order chi connectivity index (χ1) is 9.51. The first-order valence-electron chi connectivity index (χ1n) is 5.93. The van der Waals surface area contributed by atoms with Crippen LogP contribution in [0.25, 0.3) is 11.4 Å². The lowest BCUT2D eigenvalue weighted by Crippen LogP contribution is -2.03. The molecule has 7 heteroatoms. The SMILES string of the molecule is COC(=O)CCc1nc(-c2ccc(Cl)cc2F)n(C)n1. The van der Waals surface area contributed by atoms with E-state index in [9.17, 15) is 9.18 Å². The maximum absolute atomic E-state index is 13.9. The van der Waals surface area contributed by atoms with Crippen LogP contribution >= 0.6 is 11.6 Å². The van der Waals surface area contributed by atoms with Gasteiger partial charge in [-0.1, -0.05) is 11.6 Å². The van der Waals surface area contributed by atoms with Gasteiger partial charge in [-0.25, -0.2) is 14.1 Å². The molecular weight excluding hydrogens is 285 g/mol. The van der Waals surface area contributed by atoms with E-state index in [-0.39, 0.29) is 12.4 Å². The summed E-state index contributed by atoms with van der Waals surface area (Å²) in [5.74, 6) is 0.0467. The zero-order chi connectivity index (χ0) is 14.7. The number of ether oxygens (including phenoxy) is 1. The second-order valence-corrected chi connectivity index (χ2v) is 4.61. The smallest absolute Gasteiger partial charge is 0.305 e. The number of carbonyl (C=O) groups is 1. The summed E-state index contributed by atoms with van der Waals surface area (Å²) in [6, 6.07) is 4.36. The molecule has 5 nitrogen and oxygen atoms in total. The first-order valence-corrected chi connectivity index (χ1v) is 6.31. The van der Waals surface area contributed by atoms with Crippen molar-refractivity contribution in [3.05, 3.63) is 34.9 Å². The molecule has 2 aromatic rings. The van der Waals surface area contributed by atoms with Gasteiger partial charge in [-0.15, -0.1) is 0 Å². The highest BCUT2D eigenvalue weighted by molar-refractivity contribution is 6.30. The first kappa shape index (κ1) is 14.5. The van der Waals surface area contributed by atoms with Crippen LogP contribution in [0, 0.1) is 5.82 Å². The number of hydrogen-bond donors (Lipinski definition) is 0. The van der Waals surface area contributed by atoms with Gasteiger partial charge < -0.3 is 4.74 Å². The number of carbonyl (C=O) groups excluding carboxylic acids is 1. The summed E-state index contributed by atoms with van der Waals surface area (Å²) in [4.78, 5) is 15.3. The summed E-state index contributed by atoms with van der Waals surface area (Å²) in [6.07, 6.45) is 0.527. The Bertz CT molecular complexity index is 643. The zero-order valence-electron chi connectivity index (χ0n) is 11.1. The Morgan fingerprint density at radius 2 is 2.25 bits per heavy atom. The van der Waals surface area contributed by atoms with Crippen LogP contribution in [0.2, 0.25) is 5.02 Å². The summed E-state index contributed by atoms with van der Waals surface area (Å²) in [5.41, 5.74) is 0.314. The topological polar surface area (TPSA) is 57.0 Å². The molecule has 20 heavy (non-hydrogen) atoms. The highest BCUT2D eigenvalue weighted by Gasteiger charge is 2.14. The van der Waals surface area contributed by atoms with E-state index in [1.165, 1.54) is 17.9 Å². The van der Waals surface area contributed by atoms with E-state index in [1.807, 2.05) is 0 Å². The molecule has 1 aromatic heterocycles. The number of aryl methyl sites for hydroxylation is 2. The van der Waals surface area contributed by atoms with Gasteiger partial charge >= 0.3 is 5.97 Å². The lowest BCUT2D eigenvalue weighted by molar-refractivity contribution is -0.140. The monoisotopic (exact) mass is 297 g/mol. The van der Waals surface area contributed by atoms with Crippen molar-refractivity contribution in [1.82, 2.24) is 14.8 Å². The fourth-order valence-corrected chi connectivity index (χ4v) is 1.92. The Labute approximate surface area is 120 Å². The third-order valence-electron chi connectivity index (χ3n) is 2.76. The summed E-state index contributed by atoms with van der Waals surface area (Å²) < 4.78 is 19.9. The zero-order valence-corrected chi connectivity index (χ0v) is 11.8. The summed E-state index contributed by atoms with van der Waals surface area (Å²) >= 11 is 5.72. The van der Waals surface area contributed by atoms with Crippen molar-refractivity contribution in [2.75, 3.05) is 7.11 Å². The molecule has 0 saturated heterocycles. The van der Waals surface area contributed by atoms with E-state index in [1.54, 1.807) is 19.2 Å². The second kappa shape index (κ2) is 6.00. The molecule has 0 fully saturated rings. The minimum atomic E-state index is -0.465. The molecular formula is C13H13ClFN3O2. The van der Waals surface area contributed by atoms with E-state index < -0.39 is 5.82 Å². The van der Waals surface area contributed by atoms with Gasteiger partial charge in [0, 0.05) is 18.5 Å². The molecule has 0 bridgehead atoms. The largest absolute Gasteiger partial charge is 0.469 e. The van der Waals surface area contributed by atoms with E-state index in [0.717, 1.165) is 0 Å². The van der Waals surface area contributed by atoms with Crippen molar-refractivity contribution >= 4 is 17.6 Å². The molecule has 0 aliphatic rings. The Hall–Kier alpha value is -1.95. The maximum Gasteiger partial charge on any atom is 0.305 e. The quantitative estimate of drug-likeness (QED) is 0.813. The van der Waals surface area contributed by atoms with Crippen molar-refractivity contribution in [3.63, 3.8) is 0 Å². The van der Waals surface area contributed by atoms with Gasteiger partial charge in [0.05, 0.1) is 19.1 Å². The van der Waals surface area contributed by atoms with Gasteiger partial charge in [0.2, 0.25) is 0 Å². The molecule has 0 unspecified atom stereocenters. The Morgan fingerprint density at radius 3 is 2.90 bits per heavy atom. The molecule has 0 aliphatic carbocycles. The van der Waals surface area contributed by atoms with Crippen LogP contribution in [-0.4, -0.2) is 27.8 Å². The standard InChI is InChI=1S/C13H13ClFN3O2/c1-18-13(9-4-3-8(14)7-10(9)15)16-11(17-18)5-6-12(19)20-2/h3-4,7H,5-6H2,1-2H3. The van der Waals surface area contributed by atoms with Crippen molar-refractivity contribution in [3.8, 4) is 11.4 Å². The molecule has 106 valence electrons. The summed E-state index contributed by atoms with van der Waals surface area (Å²) in [5, 5.41) is 4.47. The molecule has 0 aliphatic heterocycles. The fourth-order valence-electron chi connectivity index (χ4n) is 1.76. The molecule has 0 amide bonds. The Balaban J connectivity index is 2.25. The number of rotatable bonds is 4. The third-order valence-corrected chi connectivity index (χ3v) is 2.99. The minimum Gasteiger partial charge on any atom is -0.469 e. The molecule has 2 rings (SSSR count). The number of nitrogens with zero attached hydrogens (tertiary/aromatic N) is 3. The second-order valence-electron chi connectivity index (χ2n) is 4.18. The summed E-state index contributed by atoms with van der Waals surface area (Å²) in [7, 11) is 2.99. The van der Waals surface area contributed by atoms with Gasteiger partial charge in [-0.3, -0.25) is 4.79 Å². The molecule has 0 atom stereocenters. The number of hydrogen-bond acceptors (Lipinski definition) is 4. The predicted molar refractivity (Wildman–Crippen MR) is 71.7 cm³/mol. The summed E-state index contributed by atoms with van der Waals surface area (Å²) in [6.45, 7) is 0. The normalized spacial score (nSPS) is 10.6. The van der Waals surface area contributed by atoms with E-state index in [2.05, 4.69) is 14.8 Å². The van der Waals surface area contributed by atoms with Crippen LogP contribution in [0.1, 0.15) is 12.2 Å². The van der Waals surface area contributed by atoms with Crippen molar-refractivity contribution < 1.29 is 13.9 Å². The number of methoxy groups -OCH3 is 1. The third kappa shape index (κ3) is 3.14. The Kier molecular flexibility index (Phi) is 4.34. The maximum atomic E-state index is 13.9. The molecule has 0 N–H and O–H groups in total. The number of aromatic nitrogens is 3. The lowest BCUT2D eigenvalue weighted by Gasteiger charge is -2.01. The lowest BCUT2D eigenvalue weighted by atomic mass is 10.2. The fraction of sp³-hybridized carbons (Fsp3) is 0.308. The van der Waals surface area contributed by atoms with Crippen LogP contribution in [-0.2, 0) is 23.0 Å². The minimum absolute atomic E-state index is 0.184. The molecule has 0 spiro atoms. The van der Waals surface area contributed by atoms with Crippen molar-refractivity contribution in [2.24, 2.45) is 7.05 Å². The van der Waals surface area contributed by atoms with Crippen LogP contribution < -0.4 is 0 Å². The average Bonchev–Trinajstić information content (AvgIpc) is 2.77. The predicted octanol–water partition coefficient (Wildman–Crippen LogP) is 2.38. The van der Waals surface area contributed by atoms with Gasteiger partial charge in [-0.2, -0.15) is 5.10 Å². The molecule has 0 saturated carbocycles. The van der Waals surface area contributed by atoms with Crippen molar-refractivity contribution in [1.29, 1.82) is 0 Å². The van der Waals surface area contributed by atoms with E-state index in [4.69, 9.17) is 11.6 Å². The van der Waals surface area contributed by atoms with Gasteiger partial charge in [-0.05, 0) is 18.2 Å². The Morgan fingerprint density at radius 1 is 1.50 bits per heavy atom. The highest BCUT2D eigenvalue weighted by atomic mass is 35.5. The van der Waals surface area contributed by atoms with Crippen molar-refractivity contribution in [2.45, 2.75) is 12.8 Å².